The Hall–Kier alpha value is -0.530. The molecule has 0 aromatic heterocycles. The Morgan fingerprint density at radius 1 is 1.43 bits per heavy atom. The van der Waals surface area contributed by atoms with Crippen molar-refractivity contribution in [2.24, 2.45) is 5.73 Å². The average Bonchev–Trinajstić information content (AvgIpc) is 2.11. The molecule has 0 heterocycles. The van der Waals surface area contributed by atoms with E-state index in [1.54, 1.807) is 0 Å². The smallest absolute Gasteiger partial charge is 0.0446 e. The van der Waals surface area contributed by atoms with Gasteiger partial charge in [-0.25, -0.2) is 0 Å². The average molecular weight is 210 g/mol. The summed E-state index contributed by atoms with van der Waals surface area (Å²) < 4.78 is 0. The van der Waals surface area contributed by atoms with Crippen molar-refractivity contribution in [3.05, 3.63) is 34.3 Å². The lowest BCUT2D eigenvalue weighted by molar-refractivity contribution is 0.364. The Morgan fingerprint density at radius 2 is 2.14 bits per heavy atom. The summed E-state index contributed by atoms with van der Waals surface area (Å²) in [6.07, 6.45) is 2.11. The third-order valence-corrected chi connectivity index (χ3v) is 3.71. The molecule has 1 aliphatic carbocycles. The minimum Gasteiger partial charge on any atom is -0.327 e. The zero-order chi connectivity index (χ0) is 10.3. The SMILES string of the molecule is CC1(C)c2c(Cl)cccc2CCC1N. The molecule has 1 aliphatic rings. The van der Waals surface area contributed by atoms with Gasteiger partial charge in [-0.1, -0.05) is 37.6 Å². The van der Waals surface area contributed by atoms with Crippen molar-refractivity contribution in [1.82, 2.24) is 0 Å². The van der Waals surface area contributed by atoms with Crippen LogP contribution in [0.4, 0.5) is 0 Å². The molecular weight excluding hydrogens is 194 g/mol. The van der Waals surface area contributed by atoms with Gasteiger partial charge in [-0.3, -0.25) is 0 Å². The fourth-order valence-electron chi connectivity index (χ4n) is 2.36. The van der Waals surface area contributed by atoms with Gasteiger partial charge in [0.1, 0.15) is 0 Å². The van der Waals surface area contributed by atoms with E-state index < -0.39 is 0 Å². The number of hydrogen-bond donors (Lipinski definition) is 1. The molecule has 0 amide bonds. The first-order valence-corrected chi connectivity index (χ1v) is 5.44. The summed E-state index contributed by atoms with van der Waals surface area (Å²) in [5.41, 5.74) is 8.76. The fraction of sp³-hybridized carbons (Fsp3) is 0.500. The van der Waals surface area contributed by atoms with Crippen LogP contribution < -0.4 is 5.73 Å². The first kappa shape index (κ1) is 10.0. The highest BCUT2D eigenvalue weighted by Gasteiger charge is 2.35. The molecule has 0 radical (unpaired) electrons. The molecule has 0 aliphatic heterocycles. The van der Waals surface area contributed by atoms with Crippen LogP contribution in [0.5, 0.6) is 0 Å². The number of aryl methyl sites for hydroxylation is 1. The molecule has 14 heavy (non-hydrogen) atoms. The van der Waals surface area contributed by atoms with Crippen molar-refractivity contribution >= 4 is 11.6 Å². The maximum atomic E-state index is 6.24. The van der Waals surface area contributed by atoms with Crippen LogP contribution in [0.25, 0.3) is 0 Å². The number of hydrogen-bond acceptors (Lipinski definition) is 1. The standard InChI is InChI=1S/C12H16ClN/c1-12(2)10(14)7-6-8-4-3-5-9(13)11(8)12/h3-5,10H,6-7,14H2,1-2H3. The zero-order valence-corrected chi connectivity index (χ0v) is 9.43. The first-order valence-electron chi connectivity index (χ1n) is 5.07. The third kappa shape index (κ3) is 1.35. The summed E-state index contributed by atoms with van der Waals surface area (Å²) in [6, 6.07) is 6.36. The summed E-state index contributed by atoms with van der Waals surface area (Å²) in [4.78, 5) is 0. The Bertz CT molecular complexity index is 357. The normalized spacial score (nSPS) is 24.4. The van der Waals surface area contributed by atoms with Gasteiger partial charge in [0.25, 0.3) is 0 Å². The predicted molar refractivity (Wildman–Crippen MR) is 60.8 cm³/mol. The Balaban J connectivity index is 2.61. The molecule has 0 fully saturated rings. The molecule has 0 saturated heterocycles. The van der Waals surface area contributed by atoms with E-state index in [1.165, 1.54) is 11.1 Å². The van der Waals surface area contributed by atoms with E-state index in [2.05, 4.69) is 19.9 Å². The van der Waals surface area contributed by atoms with Crippen LogP contribution in [0, 0.1) is 0 Å². The predicted octanol–water partition coefficient (Wildman–Crippen LogP) is 2.89. The van der Waals surface area contributed by atoms with Gasteiger partial charge in [-0.15, -0.1) is 0 Å². The Morgan fingerprint density at radius 3 is 2.86 bits per heavy atom. The highest BCUT2D eigenvalue weighted by Crippen LogP contribution is 2.39. The minimum absolute atomic E-state index is 0.00588. The van der Waals surface area contributed by atoms with Gasteiger partial charge in [-0.05, 0) is 30.0 Å². The molecule has 0 saturated carbocycles. The lowest BCUT2D eigenvalue weighted by Crippen LogP contribution is -2.44. The maximum Gasteiger partial charge on any atom is 0.0446 e. The van der Waals surface area contributed by atoms with Crippen LogP contribution in [0.3, 0.4) is 0 Å². The molecule has 2 N–H and O–H groups in total. The second kappa shape index (κ2) is 3.25. The summed E-state index contributed by atoms with van der Waals surface area (Å²) in [5, 5.41) is 0.864. The van der Waals surface area contributed by atoms with Crippen molar-refractivity contribution < 1.29 is 0 Å². The van der Waals surface area contributed by atoms with Gasteiger partial charge in [-0.2, -0.15) is 0 Å². The van der Waals surface area contributed by atoms with Crippen LogP contribution in [-0.4, -0.2) is 6.04 Å². The van der Waals surface area contributed by atoms with E-state index in [-0.39, 0.29) is 11.5 Å². The van der Waals surface area contributed by atoms with Crippen molar-refractivity contribution in [2.45, 2.75) is 38.1 Å². The lowest BCUT2D eigenvalue weighted by atomic mass is 9.69. The van der Waals surface area contributed by atoms with Crippen LogP contribution in [-0.2, 0) is 11.8 Å². The number of halogens is 1. The second-order valence-electron chi connectivity index (χ2n) is 4.64. The van der Waals surface area contributed by atoms with Crippen LogP contribution in [0.2, 0.25) is 5.02 Å². The molecule has 1 aromatic carbocycles. The van der Waals surface area contributed by atoms with Gasteiger partial charge in [0, 0.05) is 16.5 Å². The molecule has 1 nitrogen and oxygen atoms in total. The fourth-order valence-corrected chi connectivity index (χ4v) is 2.79. The summed E-state index contributed by atoms with van der Waals surface area (Å²) in [6.45, 7) is 4.36. The van der Waals surface area contributed by atoms with E-state index >= 15 is 0 Å². The largest absolute Gasteiger partial charge is 0.327 e. The maximum absolute atomic E-state index is 6.24. The van der Waals surface area contributed by atoms with Gasteiger partial charge in [0.05, 0.1) is 0 Å². The van der Waals surface area contributed by atoms with Gasteiger partial charge in [0.15, 0.2) is 0 Å². The third-order valence-electron chi connectivity index (χ3n) is 3.40. The van der Waals surface area contributed by atoms with Gasteiger partial charge < -0.3 is 5.73 Å². The minimum atomic E-state index is 0.00588. The number of fused-ring (bicyclic) bond motifs is 1. The second-order valence-corrected chi connectivity index (χ2v) is 5.05. The Kier molecular flexibility index (Phi) is 2.32. The molecule has 2 heteroatoms. The van der Waals surface area contributed by atoms with Crippen molar-refractivity contribution in [3.8, 4) is 0 Å². The molecule has 0 bridgehead atoms. The highest BCUT2D eigenvalue weighted by molar-refractivity contribution is 6.31. The van der Waals surface area contributed by atoms with E-state index in [0.29, 0.717) is 0 Å². The Labute approximate surface area is 90.3 Å². The van der Waals surface area contributed by atoms with E-state index in [0.717, 1.165) is 17.9 Å². The molecule has 0 spiro atoms. The number of nitrogens with two attached hydrogens (primary N) is 1. The summed E-state index contributed by atoms with van der Waals surface area (Å²) in [5.74, 6) is 0. The first-order chi connectivity index (χ1) is 6.53. The van der Waals surface area contributed by atoms with Gasteiger partial charge in [0.2, 0.25) is 0 Å². The zero-order valence-electron chi connectivity index (χ0n) is 8.68. The summed E-state index contributed by atoms with van der Waals surface area (Å²) >= 11 is 6.24. The molecule has 1 unspecified atom stereocenters. The van der Waals surface area contributed by atoms with E-state index in [4.69, 9.17) is 17.3 Å². The highest BCUT2D eigenvalue weighted by atomic mass is 35.5. The molecule has 1 aromatic rings. The number of rotatable bonds is 0. The van der Waals surface area contributed by atoms with Crippen LogP contribution in [0.15, 0.2) is 18.2 Å². The quantitative estimate of drug-likeness (QED) is 0.699. The van der Waals surface area contributed by atoms with Crippen LogP contribution in [0.1, 0.15) is 31.4 Å². The van der Waals surface area contributed by atoms with E-state index in [9.17, 15) is 0 Å². The molecule has 1 atom stereocenters. The van der Waals surface area contributed by atoms with Gasteiger partial charge >= 0.3 is 0 Å². The monoisotopic (exact) mass is 209 g/mol. The van der Waals surface area contributed by atoms with Crippen molar-refractivity contribution in [2.75, 3.05) is 0 Å². The summed E-state index contributed by atoms with van der Waals surface area (Å²) in [7, 11) is 0. The van der Waals surface area contributed by atoms with Crippen molar-refractivity contribution in [3.63, 3.8) is 0 Å². The topological polar surface area (TPSA) is 26.0 Å². The van der Waals surface area contributed by atoms with Crippen LogP contribution >= 0.6 is 11.6 Å². The number of benzene rings is 1. The molecule has 76 valence electrons. The molecular formula is C12H16ClN. The van der Waals surface area contributed by atoms with Crippen molar-refractivity contribution in [1.29, 1.82) is 0 Å². The lowest BCUT2D eigenvalue weighted by Gasteiger charge is -2.38. The van der Waals surface area contributed by atoms with E-state index in [1.807, 2.05) is 12.1 Å². The molecule has 2 rings (SSSR count).